The van der Waals surface area contributed by atoms with Crippen LogP contribution in [-0.2, 0) is 13.1 Å². The number of hydrogen-bond donors (Lipinski definition) is 1. The molecular formula is C25H25N7O. The fraction of sp³-hybridized carbons (Fsp3) is 0.280. The SMILES string of the molecule is N#Cc1ccccc1Cn1c(N2CCC[C@@H](N)C2)nc2ncn(Cc3ccccc3)c2c1=O. The monoisotopic (exact) mass is 439 g/mol. The zero-order valence-electron chi connectivity index (χ0n) is 18.3. The summed E-state index contributed by atoms with van der Waals surface area (Å²) in [6.45, 7) is 2.18. The van der Waals surface area contributed by atoms with Gasteiger partial charge in [0, 0.05) is 25.7 Å². The Labute approximate surface area is 191 Å². The highest BCUT2D eigenvalue weighted by Crippen LogP contribution is 2.21. The van der Waals surface area contributed by atoms with Gasteiger partial charge >= 0.3 is 0 Å². The van der Waals surface area contributed by atoms with Gasteiger partial charge in [-0.15, -0.1) is 0 Å². The molecule has 1 aliphatic heterocycles. The van der Waals surface area contributed by atoms with E-state index in [1.54, 1.807) is 17.0 Å². The van der Waals surface area contributed by atoms with Crippen LogP contribution in [0.3, 0.4) is 0 Å². The fourth-order valence-electron chi connectivity index (χ4n) is 4.46. The maximum Gasteiger partial charge on any atom is 0.281 e. The summed E-state index contributed by atoms with van der Waals surface area (Å²) in [6, 6.07) is 19.6. The first-order valence-electron chi connectivity index (χ1n) is 11.1. The highest BCUT2D eigenvalue weighted by atomic mass is 16.1. The maximum atomic E-state index is 13.9. The first-order valence-corrected chi connectivity index (χ1v) is 11.1. The van der Waals surface area contributed by atoms with Crippen molar-refractivity contribution in [1.82, 2.24) is 19.1 Å². The Kier molecular flexibility index (Phi) is 5.63. The molecule has 166 valence electrons. The van der Waals surface area contributed by atoms with Crippen LogP contribution < -0.4 is 16.2 Å². The van der Waals surface area contributed by atoms with E-state index in [9.17, 15) is 10.1 Å². The lowest BCUT2D eigenvalue weighted by molar-refractivity contribution is 0.491. The van der Waals surface area contributed by atoms with Crippen LogP contribution in [0.1, 0.15) is 29.5 Å². The summed E-state index contributed by atoms with van der Waals surface area (Å²) in [6.07, 6.45) is 3.56. The second kappa shape index (κ2) is 8.88. The molecule has 1 atom stereocenters. The predicted octanol–water partition coefficient (Wildman–Crippen LogP) is 2.49. The number of aromatic nitrogens is 4. The molecule has 0 bridgehead atoms. The van der Waals surface area contributed by atoms with Crippen molar-refractivity contribution < 1.29 is 0 Å². The van der Waals surface area contributed by atoms with E-state index in [-0.39, 0.29) is 18.1 Å². The summed E-state index contributed by atoms with van der Waals surface area (Å²) in [5.74, 6) is 0.556. The van der Waals surface area contributed by atoms with Crippen molar-refractivity contribution in [3.63, 3.8) is 0 Å². The highest BCUT2D eigenvalue weighted by molar-refractivity contribution is 5.71. The normalized spacial score (nSPS) is 16.1. The third kappa shape index (κ3) is 4.11. The van der Waals surface area contributed by atoms with Crippen LogP contribution in [-0.4, -0.2) is 38.2 Å². The molecular weight excluding hydrogens is 414 g/mol. The smallest absolute Gasteiger partial charge is 0.281 e. The van der Waals surface area contributed by atoms with Crippen LogP contribution in [0.2, 0.25) is 0 Å². The number of nitrogens with zero attached hydrogens (tertiary/aromatic N) is 6. The van der Waals surface area contributed by atoms with E-state index in [2.05, 4.69) is 16.0 Å². The predicted molar refractivity (Wildman–Crippen MR) is 127 cm³/mol. The van der Waals surface area contributed by atoms with Crippen LogP contribution in [0.4, 0.5) is 5.95 Å². The molecule has 33 heavy (non-hydrogen) atoms. The molecule has 0 radical (unpaired) electrons. The average Bonchev–Trinajstić information content (AvgIpc) is 3.24. The van der Waals surface area contributed by atoms with Crippen LogP contribution in [0.5, 0.6) is 0 Å². The summed E-state index contributed by atoms with van der Waals surface area (Å²) in [5, 5.41) is 9.57. The van der Waals surface area contributed by atoms with Gasteiger partial charge in [0.25, 0.3) is 5.56 Å². The number of rotatable bonds is 5. The third-order valence-corrected chi connectivity index (χ3v) is 6.12. The first-order chi connectivity index (χ1) is 16.1. The first kappa shape index (κ1) is 20.9. The van der Waals surface area contributed by atoms with E-state index in [0.29, 0.717) is 35.8 Å². The minimum absolute atomic E-state index is 0.0295. The number of anilines is 1. The van der Waals surface area contributed by atoms with Gasteiger partial charge in [0.1, 0.15) is 0 Å². The number of benzene rings is 2. The summed E-state index contributed by atoms with van der Waals surface area (Å²) in [7, 11) is 0. The van der Waals surface area contributed by atoms with Crippen LogP contribution in [0.15, 0.2) is 65.7 Å². The Morgan fingerprint density at radius 3 is 2.67 bits per heavy atom. The summed E-state index contributed by atoms with van der Waals surface area (Å²) in [5.41, 5.74) is 9.34. The van der Waals surface area contributed by atoms with E-state index < -0.39 is 0 Å². The molecule has 8 nitrogen and oxygen atoms in total. The largest absolute Gasteiger partial charge is 0.341 e. The topological polar surface area (TPSA) is 106 Å². The van der Waals surface area contributed by atoms with Gasteiger partial charge in [0.05, 0.1) is 24.5 Å². The molecule has 0 amide bonds. The highest BCUT2D eigenvalue weighted by Gasteiger charge is 2.24. The number of nitrogens with two attached hydrogens (primary N) is 1. The number of imidazole rings is 1. The van der Waals surface area contributed by atoms with Gasteiger partial charge in [0.2, 0.25) is 5.95 Å². The van der Waals surface area contributed by atoms with E-state index in [1.807, 2.05) is 53.1 Å². The van der Waals surface area contributed by atoms with Crippen molar-refractivity contribution in [2.45, 2.75) is 32.0 Å². The fourth-order valence-corrected chi connectivity index (χ4v) is 4.46. The Morgan fingerprint density at radius 2 is 1.88 bits per heavy atom. The molecule has 1 fully saturated rings. The molecule has 0 saturated carbocycles. The van der Waals surface area contributed by atoms with Crippen molar-refractivity contribution in [2.24, 2.45) is 5.73 Å². The lowest BCUT2D eigenvalue weighted by atomic mass is 10.1. The van der Waals surface area contributed by atoms with Gasteiger partial charge in [-0.2, -0.15) is 10.2 Å². The quantitative estimate of drug-likeness (QED) is 0.512. The van der Waals surface area contributed by atoms with Crippen molar-refractivity contribution in [2.75, 3.05) is 18.0 Å². The molecule has 8 heteroatoms. The van der Waals surface area contributed by atoms with Gasteiger partial charge in [-0.05, 0) is 30.0 Å². The van der Waals surface area contributed by atoms with E-state index in [1.165, 1.54) is 0 Å². The second-order valence-corrected chi connectivity index (χ2v) is 8.45. The Morgan fingerprint density at radius 1 is 1.09 bits per heavy atom. The zero-order chi connectivity index (χ0) is 22.8. The molecule has 1 saturated heterocycles. The Balaban J connectivity index is 1.66. The average molecular weight is 440 g/mol. The zero-order valence-corrected chi connectivity index (χ0v) is 18.3. The molecule has 4 aromatic rings. The van der Waals surface area contributed by atoms with Gasteiger partial charge in [0.15, 0.2) is 11.2 Å². The van der Waals surface area contributed by atoms with Crippen LogP contribution >= 0.6 is 0 Å². The van der Waals surface area contributed by atoms with E-state index >= 15 is 0 Å². The van der Waals surface area contributed by atoms with Gasteiger partial charge in [-0.25, -0.2) is 4.98 Å². The second-order valence-electron chi connectivity index (χ2n) is 8.45. The molecule has 0 unspecified atom stereocenters. The van der Waals surface area contributed by atoms with Crippen molar-refractivity contribution >= 4 is 17.1 Å². The van der Waals surface area contributed by atoms with Crippen molar-refractivity contribution in [3.05, 3.63) is 88.0 Å². The van der Waals surface area contributed by atoms with Crippen molar-refractivity contribution in [3.8, 4) is 6.07 Å². The number of piperidine rings is 1. The van der Waals surface area contributed by atoms with Gasteiger partial charge in [-0.1, -0.05) is 48.5 Å². The summed E-state index contributed by atoms with van der Waals surface area (Å²) >= 11 is 0. The van der Waals surface area contributed by atoms with Crippen LogP contribution in [0.25, 0.3) is 11.2 Å². The number of fused-ring (bicyclic) bond motifs is 1. The molecule has 2 N–H and O–H groups in total. The molecule has 2 aromatic heterocycles. The van der Waals surface area contributed by atoms with E-state index in [4.69, 9.17) is 10.7 Å². The molecule has 0 spiro atoms. The Hall–Kier alpha value is -3.96. The molecule has 3 heterocycles. The molecule has 1 aliphatic rings. The maximum absolute atomic E-state index is 13.9. The molecule has 5 rings (SSSR count). The van der Waals surface area contributed by atoms with E-state index in [0.717, 1.165) is 30.5 Å². The lowest BCUT2D eigenvalue weighted by Crippen LogP contribution is -2.45. The lowest BCUT2D eigenvalue weighted by Gasteiger charge is -2.33. The summed E-state index contributed by atoms with van der Waals surface area (Å²) < 4.78 is 3.51. The minimum Gasteiger partial charge on any atom is -0.341 e. The molecule has 0 aliphatic carbocycles. The molecule has 2 aromatic carbocycles. The van der Waals surface area contributed by atoms with Crippen LogP contribution in [0, 0.1) is 11.3 Å². The summed E-state index contributed by atoms with van der Waals surface area (Å²) in [4.78, 5) is 25.2. The minimum atomic E-state index is -0.171. The van der Waals surface area contributed by atoms with Gasteiger partial charge < -0.3 is 15.2 Å². The third-order valence-electron chi connectivity index (χ3n) is 6.12. The van der Waals surface area contributed by atoms with Gasteiger partial charge in [-0.3, -0.25) is 9.36 Å². The number of nitriles is 1. The van der Waals surface area contributed by atoms with Crippen molar-refractivity contribution in [1.29, 1.82) is 5.26 Å². The standard InChI is InChI=1S/C25H25N7O/c26-13-19-9-4-5-10-20(19)15-32-24(33)22-23(29-25(32)30-12-6-11-21(27)16-30)28-17-31(22)14-18-7-2-1-3-8-18/h1-5,7-10,17,21H,6,11-12,14-16,27H2/t21-/m1/s1. The Bertz CT molecular complexity index is 1380. The number of hydrogen-bond acceptors (Lipinski definition) is 6.